The maximum absolute atomic E-state index is 4.91. The molecule has 0 aliphatic rings. The van der Waals surface area contributed by atoms with Crippen LogP contribution in [0.15, 0.2) is 78.9 Å². The van der Waals surface area contributed by atoms with E-state index in [9.17, 15) is 0 Å². The fraction of sp³-hybridized carbons (Fsp3) is 0.407. The summed E-state index contributed by atoms with van der Waals surface area (Å²) in [7, 11) is 4.91. The van der Waals surface area contributed by atoms with Crippen LogP contribution in [0.5, 0.6) is 5.75 Å². The zero-order valence-electron chi connectivity index (χ0n) is 19.7. The molecule has 0 saturated carbocycles. The molecule has 0 aliphatic heterocycles. The van der Waals surface area contributed by atoms with Gasteiger partial charge in [0.05, 0.1) is 7.11 Å². The van der Waals surface area contributed by atoms with Gasteiger partial charge in [0, 0.05) is 14.2 Å². The highest BCUT2D eigenvalue weighted by Gasteiger charge is 1.85. The molecular weight excluding hydrogens is 356 g/mol. The molecule has 0 spiro atoms. The first-order valence-electron chi connectivity index (χ1n) is 10.6. The number of hydrogen-bond acceptors (Lipinski definition) is 2. The standard InChI is InChI=1S/C10H8.C7H8O.2C4H10.C2H6O/c1-2-6-10-8-4-3-7-9(10)5-1;1-8-7-5-3-2-4-6-7;2*1-3-4-2;1-3-2/h1-8H;2-6H,1H3;2*3-4H2,1-2H3;1-2H3. The molecule has 3 rings (SSSR count). The molecule has 0 aromatic heterocycles. The Morgan fingerprint density at radius 1 is 0.483 bits per heavy atom. The maximum atomic E-state index is 4.91. The van der Waals surface area contributed by atoms with Crippen LogP contribution in [0, 0.1) is 0 Å². The lowest BCUT2D eigenvalue weighted by Gasteiger charge is -1.93. The number of hydrogen-bond donors (Lipinski definition) is 0. The smallest absolute Gasteiger partial charge is 0.118 e. The Hall–Kier alpha value is -2.32. The lowest BCUT2D eigenvalue weighted by molar-refractivity contribution is 0.277. The summed E-state index contributed by atoms with van der Waals surface area (Å²) in [5.74, 6) is 0.910. The Morgan fingerprint density at radius 3 is 0.966 bits per heavy atom. The van der Waals surface area contributed by atoms with Crippen LogP contribution in [0.2, 0.25) is 0 Å². The lowest BCUT2D eigenvalue weighted by atomic mass is 10.1. The van der Waals surface area contributed by atoms with Gasteiger partial charge < -0.3 is 9.47 Å². The molecule has 2 nitrogen and oxygen atoms in total. The van der Waals surface area contributed by atoms with Crippen LogP contribution in [0.4, 0.5) is 0 Å². The second-order valence-corrected chi connectivity index (χ2v) is 6.27. The van der Waals surface area contributed by atoms with Gasteiger partial charge in [-0.1, -0.05) is 120 Å². The molecule has 0 unspecified atom stereocenters. The molecule has 0 amide bonds. The fourth-order valence-corrected chi connectivity index (χ4v) is 1.69. The SMILES string of the molecule is CCCC.CCCC.COC.COc1ccccc1.c1ccc2ccccc2c1. The van der Waals surface area contributed by atoms with Crippen LogP contribution in [0.3, 0.4) is 0 Å². The van der Waals surface area contributed by atoms with E-state index in [1.54, 1.807) is 21.3 Å². The summed E-state index contributed by atoms with van der Waals surface area (Å²) >= 11 is 0. The number of rotatable bonds is 3. The van der Waals surface area contributed by atoms with E-state index in [2.05, 4.69) is 81.0 Å². The molecule has 3 aromatic rings. The molecule has 0 heterocycles. The number of ether oxygens (including phenoxy) is 2. The molecule has 3 aromatic carbocycles. The third-order valence-corrected chi connectivity index (χ3v) is 3.64. The topological polar surface area (TPSA) is 18.5 Å². The Morgan fingerprint density at radius 2 is 0.759 bits per heavy atom. The van der Waals surface area contributed by atoms with Crippen LogP contribution in [0.25, 0.3) is 10.8 Å². The summed E-state index contributed by atoms with van der Waals surface area (Å²) in [4.78, 5) is 0. The van der Waals surface area contributed by atoms with Crippen molar-refractivity contribution >= 4 is 10.8 Å². The van der Waals surface area contributed by atoms with Gasteiger partial charge in [0.25, 0.3) is 0 Å². The van der Waals surface area contributed by atoms with E-state index in [4.69, 9.17) is 4.74 Å². The molecule has 0 saturated heterocycles. The number of unbranched alkanes of at least 4 members (excludes halogenated alkanes) is 2. The predicted octanol–water partition coefficient (Wildman–Crippen LogP) is 8.41. The number of methoxy groups -OCH3 is 2. The number of fused-ring (bicyclic) bond motifs is 1. The highest BCUT2D eigenvalue weighted by atomic mass is 16.5. The second-order valence-electron chi connectivity index (χ2n) is 6.27. The van der Waals surface area contributed by atoms with Crippen molar-refractivity contribution in [2.75, 3.05) is 21.3 Å². The predicted molar refractivity (Wildman–Crippen MR) is 131 cm³/mol. The van der Waals surface area contributed by atoms with Gasteiger partial charge in [0.1, 0.15) is 5.75 Å². The molecule has 0 fully saturated rings. The van der Waals surface area contributed by atoms with Gasteiger partial charge in [-0.05, 0) is 22.9 Å². The maximum Gasteiger partial charge on any atom is 0.118 e. The van der Waals surface area contributed by atoms with Crippen molar-refractivity contribution < 1.29 is 9.47 Å². The molecule has 162 valence electrons. The summed E-state index contributed by atoms with van der Waals surface area (Å²) in [6.45, 7) is 8.72. The van der Waals surface area contributed by atoms with Crippen LogP contribution in [-0.2, 0) is 4.74 Å². The van der Waals surface area contributed by atoms with Gasteiger partial charge in [0.2, 0.25) is 0 Å². The molecule has 0 bridgehead atoms. The lowest BCUT2D eigenvalue weighted by Crippen LogP contribution is -1.78. The summed E-state index contributed by atoms with van der Waals surface area (Å²) in [6, 6.07) is 26.4. The molecule has 0 atom stereocenters. The second kappa shape index (κ2) is 23.7. The van der Waals surface area contributed by atoms with Crippen molar-refractivity contribution in [1.82, 2.24) is 0 Å². The first kappa shape index (κ1) is 28.9. The van der Waals surface area contributed by atoms with Crippen LogP contribution in [0.1, 0.15) is 53.4 Å². The zero-order chi connectivity index (χ0) is 22.2. The highest BCUT2D eigenvalue weighted by Crippen LogP contribution is 2.11. The van der Waals surface area contributed by atoms with E-state index >= 15 is 0 Å². The van der Waals surface area contributed by atoms with Gasteiger partial charge in [-0.2, -0.15) is 0 Å². The van der Waals surface area contributed by atoms with Crippen molar-refractivity contribution in [1.29, 1.82) is 0 Å². The summed E-state index contributed by atoms with van der Waals surface area (Å²) in [5.41, 5.74) is 0. The third-order valence-electron chi connectivity index (χ3n) is 3.64. The first-order chi connectivity index (χ1) is 14.1. The van der Waals surface area contributed by atoms with Gasteiger partial charge in [0.15, 0.2) is 0 Å². The minimum Gasteiger partial charge on any atom is -0.497 e. The minimum atomic E-state index is 0.910. The highest BCUT2D eigenvalue weighted by molar-refractivity contribution is 5.81. The summed E-state index contributed by atoms with van der Waals surface area (Å²) in [6.07, 6.45) is 5.28. The van der Waals surface area contributed by atoms with Crippen LogP contribution in [-0.4, -0.2) is 21.3 Å². The van der Waals surface area contributed by atoms with Crippen LogP contribution < -0.4 is 4.74 Å². The Balaban J connectivity index is 0. The largest absolute Gasteiger partial charge is 0.497 e. The van der Waals surface area contributed by atoms with Crippen molar-refractivity contribution in [3.63, 3.8) is 0 Å². The quantitative estimate of drug-likeness (QED) is 0.441. The van der Waals surface area contributed by atoms with E-state index in [1.165, 1.54) is 36.5 Å². The zero-order valence-corrected chi connectivity index (χ0v) is 19.7. The van der Waals surface area contributed by atoms with Crippen molar-refractivity contribution in [3.8, 4) is 5.75 Å². The summed E-state index contributed by atoms with van der Waals surface area (Å²) in [5, 5.41) is 2.62. The van der Waals surface area contributed by atoms with Crippen LogP contribution >= 0.6 is 0 Å². The third kappa shape index (κ3) is 18.8. The number of benzene rings is 3. The van der Waals surface area contributed by atoms with Gasteiger partial charge >= 0.3 is 0 Å². The average molecular weight is 399 g/mol. The van der Waals surface area contributed by atoms with Crippen molar-refractivity contribution in [2.45, 2.75) is 53.4 Å². The first-order valence-corrected chi connectivity index (χ1v) is 10.6. The number of para-hydroxylation sites is 1. The van der Waals surface area contributed by atoms with Gasteiger partial charge in [-0.25, -0.2) is 0 Å². The monoisotopic (exact) mass is 398 g/mol. The van der Waals surface area contributed by atoms with E-state index in [0.29, 0.717) is 0 Å². The molecule has 2 heteroatoms. The molecule has 29 heavy (non-hydrogen) atoms. The van der Waals surface area contributed by atoms with Gasteiger partial charge in [-0.3, -0.25) is 0 Å². The Bertz CT molecular complexity index is 592. The van der Waals surface area contributed by atoms with Crippen molar-refractivity contribution in [3.05, 3.63) is 78.9 Å². The Kier molecular flexibility index (Phi) is 23.6. The van der Waals surface area contributed by atoms with E-state index in [-0.39, 0.29) is 0 Å². The van der Waals surface area contributed by atoms with E-state index in [0.717, 1.165) is 5.75 Å². The molecular formula is C27H42O2. The fourth-order valence-electron chi connectivity index (χ4n) is 1.69. The normalized spacial score (nSPS) is 8.52. The Labute approximate surface area is 179 Å². The van der Waals surface area contributed by atoms with Crippen molar-refractivity contribution in [2.24, 2.45) is 0 Å². The summed E-state index contributed by atoms with van der Waals surface area (Å²) < 4.78 is 9.16. The molecule has 0 radical (unpaired) electrons. The molecule has 0 N–H and O–H groups in total. The van der Waals surface area contributed by atoms with E-state index in [1.807, 2.05) is 30.3 Å². The average Bonchev–Trinajstić information content (AvgIpc) is 2.81. The van der Waals surface area contributed by atoms with Gasteiger partial charge in [-0.15, -0.1) is 0 Å². The molecule has 0 aliphatic carbocycles. The minimum absolute atomic E-state index is 0.910. The van der Waals surface area contributed by atoms with E-state index < -0.39 is 0 Å².